The zero-order valence-corrected chi connectivity index (χ0v) is 7.80. The minimum Gasteiger partial charge on any atom is -0.0925 e. The Hall–Kier alpha value is -1.66. The number of benzene rings is 1. The molecule has 0 heterocycles. The molecule has 0 aliphatic carbocycles. The highest BCUT2D eigenvalue weighted by atomic mass is 13.9. The van der Waals surface area contributed by atoms with Crippen LogP contribution in [0, 0.1) is 23.7 Å². The van der Waals surface area contributed by atoms with Crippen LogP contribution in [0.4, 0.5) is 0 Å². The molecule has 13 heavy (non-hydrogen) atoms. The predicted molar refractivity (Wildman–Crippen MR) is 56.0 cm³/mol. The van der Waals surface area contributed by atoms with E-state index in [9.17, 15) is 0 Å². The Morgan fingerprint density at radius 1 is 1.08 bits per heavy atom. The smallest absolute Gasteiger partial charge is 0.0139 e. The average Bonchev–Trinajstić information content (AvgIpc) is 2.19. The molecule has 0 aromatic heterocycles. The Labute approximate surface area is 80.0 Å². The number of hydrogen-bond donors (Lipinski definition) is 0. The summed E-state index contributed by atoms with van der Waals surface area (Å²) in [5.41, 5.74) is 1.33. The van der Waals surface area contributed by atoms with Crippen molar-refractivity contribution < 1.29 is 0 Å². The zero-order chi connectivity index (χ0) is 9.36. The standard InChI is InChI=1S/C13H12/c1-2-3-4-5-7-10-13-11-8-6-9-12-13/h6,8-9,11-12H,7,10H2,1H3. The quantitative estimate of drug-likeness (QED) is 0.595. The van der Waals surface area contributed by atoms with Crippen LogP contribution >= 0.6 is 0 Å². The van der Waals surface area contributed by atoms with E-state index in [4.69, 9.17) is 0 Å². The molecular formula is C13H12. The van der Waals surface area contributed by atoms with Crippen molar-refractivity contribution in [1.29, 1.82) is 0 Å². The van der Waals surface area contributed by atoms with Gasteiger partial charge >= 0.3 is 0 Å². The second-order valence-electron chi connectivity index (χ2n) is 2.66. The molecule has 64 valence electrons. The Bertz CT molecular complexity index is 352. The van der Waals surface area contributed by atoms with E-state index in [1.807, 2.05) is 6.07 Å². The van der Waals surface area contributed by atoms with E-state index in [1.54, 1.807) is 6.92 Å². The van der Waals surface area contributed by atoms with E-state index in [0.29, 0.717) is 0 Å². The second-order valence-corrected chi connectivity index (χ2v) is 2.66. The van der Waals surface area contributed by atoms with Gasteiger partial charge in [0.05, 0.1) is 0 Å². The second kappa shape index (κ2) is 5.92. The first-order valence-electron chi connectivity index (χ1n) is 4.37. The summed E-state index contributed by atoms with van der Waals surface area (Å²) in [6, 6.07) is 10.4. The van der Waals surface area contributed by atoms with E-state index in [0.717, 1.165) is 12.8 Å². The maximum absolute atomic E-state index is 3.01. The first-order valence-corrected chi connectivity index (χ1v) is 4.37. The molecule has 0 saturated heterocycles. The van der Waals surface area contributed by atoms with Crippen LogP contribution in [0.5, 0.6) is 0 Å². The molecule has 0 fully saturated rings. The Kier molecular flexibility index (Phi) is 4.30. The zero-order valence-electron chi connectivity index (χ0n) is 7.80. The van der Waals surface area contributed by atoms with E-state index in [2.05, 4.69) is 47.9 Å². The molecule has 1 aromatic carbocycles. The first-order chi connectivity index (χ1) is 6.43. The lowest BCUT2D eigenvalue weighted by atomic mass is 10.1. The third kappa shape index (κ3) is 4.04. The van der Waals surface area contributed by atoms with E-state index in [1.165, 1.54) is 5.56 Å². The van der Waals surface area contributed by atoms with Gasteiger partial charge in [-0.15, -0.1) is 0 Å². The molecule has 0 spiro atoms. The van der Waals surface area contributed by atoms with Crippen molar-refractivity contribution in [2.24, 2.45) is 0 Å². The number of aryl methyl sites for hydroxylation is 1. The van der Waals surface area contributed by atoms with Gasteiger partial charge in [0.2, 0.25) is 0 Å². The van der Waals surface area contributed by atoms with Gasteiger partial charge in [0, 0.05) is 6.42 Å². The van der Waals surface area contributed by atoms with Crippen molar-refractivity contribution in [2.75, 3.05) is 0 Å². The molecule has 0 nitrogen and oxygen atoms in total. The lowest BCUT2D eigenvalue weighted by Gasteiger charge is -1.93. The molecule has 1 rings (SSSR count). The third-order valence-electron chi connectivity index (χ3n) is 1.66. The van der Waals surface area contributed by atoms with Crippen molar-refractivity contribution in [3.63, 3.8) is 0 Å². The van der Waals surface area contributed by atoms with E-state index >= 15 is 0 Å². The Morgan fingerprint density at radius 3 is 2.54 bits per heavy atom. The summed E-state index contributed by atoms with van der Waals surface area (Å²) in [6.07, 6.45) is 1.90. The molecular weight excluding hydrogens is 156 g/mol. The van der Waals surface area contributed by atoms with Crippen LogP contribution in [-0.4, -0.2) is 0 Å². The van der Waals surface area contributed by atoms with Gasteiger partial charge in [-0.25, -0.2) is 0 Å². The SMILES string of the molecule is CC#CC#CCCc1ccccc1. The van der Waals surface area contributed by atoms with Gasteiger partial charge in [-0.3, -0.25) is 0 Å². The molecule has 0 amide bonds. The fraction of sp³-hybridized carbons (Fsp3) is 0.231. The van der Waals surface area contributed by atoms with Crippen LogP contribution in [0.3, 0.4) is 0 Å². The monoisotopic (exact) mass is 168 g/mol. The summed E-state index contributed by atoms with van der Waals surface area (Å²) < 4.78 is 0. The van der Waals surface area contributed by atoms with Gasteiger partial charge in [-0.1, -0.05) is 42.2 Å². The molecule has 0 heteroatoms. The van der Waals surface area contributed by atoms with Crippen molar-refractivity contribution in [2.45, 2.75) is 19.8 Å². The van der Waals surface area contributed by atoms with Crippen molar-refractivity contribution >= 4 is 0 Å². The van der Waals surface area contributed by atoms with Crippen LogP contribution in [-0.2, 0) is 6.42 Å². The fourth-order valence-electron chi connectivity index (χ4n) is 1.02. The van der Waals surface area contributed by atoms with Crippen LogP contribution < -0.4 is 0 Å². The van der Waals surface area contributed by atoms with Crippen LogP contribution in [0.25, 0.3) is 0 Å². The average molecular weight is 168 g/mol. The van der Waals surface area contributed by atoms with Gasteiger partial charge in [0.25, 0.3) is 0 Å². The summed E-state index contributed by atoms with van der Waals surface area (Å²) in [5, 5.41) is 0. The summed E-state index contributed by atoms with van der Waals surface area (Å²) in [6.45, 7) is 1.80. The highest BCUT2D eigenvalue weighted by Crippen LogP contribution is 2.00. The first kappa shape index (κ1) is 9.43. The molecule has 0 aliphatic rings. The molecule has 0 saturated carbocycles. The summed E-state index contributed by atoms with van der Waals surface area (Å²) in [7, 11) is 0. The van der Waals surface area contributed by atoms with Crippen LogP contribution in [0.2, 0.25) is 0 Å². The predicted octanol–water partition coefficient (Wildman–Crippen LogP) is 2.65. The molecule has 0 bridgehead atoms. The number of hydrogen-bond acceptors (Lipinski definition) is 0. The third-order valence-corrected chi connectivity index (χ3v) is 1.66. The summed E-state index contributed by atoms with van der Waals surface area (Å²) in [5.74, 6) is 11.3. The largest absolute Gasteiger partial charge is 0.0925 e. The van der Waals surface area contributed by atoms with Gasteiger partial charge in [-0.2, -0.15) is 0 Å². The minimum absolute atomic E-state index is 0.888. The fourth-order valence-corrected chi connectivity index (χ4v) is 1.02. The van der Waals surface area contributed by atoms with E-state index in [-0.39, 0.29) is 0 Å². The van der Waals surface area contributed by atoms with Gasteiger partial charge in [0.1, 0.15) is 0 Å². The van der Waals surface area contributed by atoms with Crippen molar-refractivity contribution in [3.05, 3.63) is 35.9 Å². The minimum atomic E-state index is 0.888. The van der Waals surface area contributed by atoms with E-state index < -0.39 is 0 Å². The van der Waals surface area contributed by atoms with Crippen molar-refractivity contribution in [3.8, 4) is 23.7 Å². The van der Waals surface area contributed by atoms with Gasteiger partial charge < -0.3 is 0 Å². The highest BCUT2D eigenvalue weighted by Gasteiger charge is 1.86. The molecule has 0 aliphatic heterocycles. The molecule has 0 unspecified atom stereocenters. The topological polar surface area (TPSA) is 0 Å². The lowest BCUT2D eigenvalue weighted by Crippen LogP contribution is -1.80. The summed E-state index contributed by atoms with van der Waals surface area (Å²) in [4.78, 5) is 0. The maximum atomic E-state index is 3.01. The van der Waals surface area contributed by atoms with Gasteiger partial charge in [0.15, 0.2) is 0 Å². The van der Waals surface area contributed by atoms with Crippen molar-refractivity contribution in [1.82, 2.24) is 0 Å². The van der Waals surface area contributed by atoms with Gasteiger partial charge in [-0.05, 0) is 30.7 Å². The lowest BCUT2D eigenvalue weighted by molar-refractivity contribution is 1.03. The Morgan fingerprint density at radius 2 is 1.85 bits per heavy atom. The highest BCUT2D eigenvalue weighted by molar-refractivity contribution is 5.25. The van der Waals surface area contributed by atoms with Crippen LogP contribution in [0.1, 0.15) is 18.9 Å². The maximum Gasteiger partial charge on any atom is 0.0139 e. The Balaban J connectivity index is 2.36. The molecule has 0 atom stereocenters. The summed E-state index contributed by atoms with van der Waals surface area (Å²) >= 11 is 0. The molecule has 1 aromatic rings. The molecule has 0 radical (unpaired) electrons. The molecule has 0 N–H and O–H groups in total. The van der Waals surface area contributed by atoms with Crippen LogP contribution in [0.15, 0.2) is 30.3 Å². The normalized spacial score (nSPS) is 7.77. The number of rotatable bonds is 2.